The van der Waals surface area contributed by atoms with Gasteiger partial charge in [0, 0.05) is 13.3 Å². The molecule has 6 heteroatoms. The third kappa shape index (κ3) is 5.65. The molecule has 1 amide bonds. The lowest BCUT2D eigenvalue weighted by atomic mass is 10.3. The molecule has 0 radical (unpaired) electrons. The topological polar surface area (TPSA) is 72.9 Å². The lowest BCUT2D eigenvalue weighted by molar-refractivity contribution is -0.194. The molecule has 0 aromatic carbocycles. The molecule has 6 nitrogen and oxygen atoms in total. The van der Waals surface area contributed by atoms with E-state index in [-0.39, 0.29) is 19.4 Å². The van der Waals surface area contributed by atoms with Crippen molar-refractivity contribution in [2.45, 2.75) is 19.8 Å². The molecule has 0 spiro atoms. The van der Waals surface area contributed by atoms with Crippen molar-refractivity contribution in [1.29, 1.82) is 0 Å². The minimum absolute atomic E-state index is 0.0856. The van der Waals surface area contributed by atoms with E-state index in [9.17, 15) is 14.4 Å². The van der Waals surface area contributed by atoms with Gasteiger partial charge in [-0.15, -0.1) is 6.42 Å². The molecule has 0 aliphatic rings. The maximum absolute atomic E-state index is 11.4. The predicted molar refractivity (Wildman–Crippen MR) is 53.6 cm³/mol. The second-order valence-electron chi connectivity index (χ2n) is 2.79. The Morgan fingerprint density at radius 3 is 2.38 bits per heavy atom. The fourth-order valence-corrected chi connectivity index (χ4v) is 0.845. The van der Waals surface area contributed by atoms with Crippen LogP contribution in [0.2, 0.25) is 0 Å². The number of rotatable bonds is 4. The van der Waals surface area contributed by atoms with Crippen molar-refractivity contribution in [2.75, 3.05) is 13.7 Å². The summed E-state index contributed by atoms with van der Waals surface area (Å²) >= 11 is 0. The largest absolute Gasteiger partial charge is 0.469 e. The molecule has 0 saturated carbocycles. The Labute approximate surface area is 93.4 Å². The Hall–Kier alpha value is -2.03. The normalized spacial score (nSPS) is 8.81. The number of hydrogen-bond donors (Lipinski definition) is 0. The number of ether oxygens (including phenoxy) is 1. The summed E-state index contributed by atoms with van der Waals surface area (Å²) in [5, 5.41) is 0.741. The average Bonchev–Trinajstić information content (AvgIpc) is 2.24. The first-order valence-corrected chi connectivity index (χ1v) is 4.50. The Morgan fingerprint density at radius 2 is 1.94 bits per heavy atom. The highest BCUT2D eigenvalue weighted by Gasteiger charge is 2.17. The van der Waals surface area contributed by atoms with E-state index in [1.807, 2.05) is 0 Å². The summed E-state index contributed by atoms with van der Waals surface area (Å²) in [6, 6.07) is 0. The van der Waals surface area contributed by atoms with E-state index in [4.69, 9.17) is 6.42 Å². The number of nitrogens with zero attached hydrogens (tertiary/aromatic N) is 1. The van der Waals surface area contributed by atoms with Gasteiger partial charge in [-0.25, -0.2) is 0 Å². The molecule has 0 aromatic rings. The van der Waals surface area contributed by atoms with E-state index in [0.717, 1.165) is 12.0 Å². The van der Waals surface area contributed by atoms with Crippen molar-refractivity contribution in [3.63, 3.8) is 0 Å². The number of terminal acetylenes is 1. The van der Waals surface area contributed by atoms with Crippen LogP contribution in [0.15, 0.2) is 0 Å². The number of amides is 1. The van der Waals surface area contributed by atoms with Gasteiger partial charge in [-0.2, -0.15) is 5.06 Å². The quantitative estimate of drug-likeness (QED) is 0.380. The number of carbonyl (C=O) groups is 3. The SMILES string of the molecule is C#CCN(OC(C)=O)C(=O)CCC(=O)OC. The summed E-state index contributed by atoms with van der Waals surface area (Å²) < 4.78 is 4.36. The number of carbonyl (C=O) groups excluding carboxylic acids is 3. The van der Waals surface area contributed by atoms with Crippen LogP contribution in [0.5, 0.6) is 0 Å². The molecule has 0 rings (SSSR count). The first-order valence-electron chi connectivity index (χ1n) is 4.50. The first-order chi connectivity index (χ1) is 7.51. The molecule has 0 aromatic heterocycles. The lowest BCUT2D eigenvalue weighted by Gasteiger charge is -2.17. The molecule has 0 heterocycles. The van der Waals surface area contributed by atoms with Gasteiger partial charge in [0.2, 0.25) is 0 Å². The second kappa shape index (κ2) is 7.29. The Kier molecular flexibility index (Phi) is 6.36. The Morgan fingerprint density at radius 1 is 1.31 bits per heavy atom. The average molecular weight is 227 g/mol. The van der Waals surface area contributed by atoms with E-state index >= 15 is 0 Å². The van der Waals surface area contributed by atoms with Crippen LogP contribution in [0.4, 0.5) is 0 Å². The van der Waals surface area contributed by atoms with Crippen molar-refractivity contribution < 1.29 is 24.0 Å². The summed E-state index contributed by atoms with van der Waals surface area (Å²) in [5.41, 5.74) is 0. The third-order valence-corrected chi connectivity index (χ3v) is 1.52. The molecule has 0 saturated heterocycles. The van der Waals surface area contributed by atoms with Crippen LogP contribution in [0.25, 0.3) is 0 Å². The van der Waals surface area contributed by atoms with Crippen molar-refractivity contribution in [2.24, 2.45) is 0 Å². The Balaban J connectivity index is 4.22. The zero-order chi connectivity index (χ0) is 12.6. The zero-order valence-corrected chi connectivity index (χ0v) is 9.19. The summed E-state index contributed by atoms with van der Waals surface area (Å²) in [6.45, 7) is 0.997. The van der Waals surface area contributed by atoms with Crippen molar-refractivity contribution in [1.82, 2.24) is 5.06 Å². The minimum Gasteiger partial charge on any atom is -0.469 e. The first kappa shape index (κ1) is 14.0. The molecule has 0 fully saturated rings. The summed E-state index contributed by atoms with van der Waals surface area (Å²) in [5.74, 6) is 0.456. The number of hydrogen-bond acceptors (Lipinski definition) is 5. The van der Waals surface area contributed by atoms with Gasteiger partial charge in [-0.3, -0.25) is 14.4 Å². The molecule has 0 unspecified atom stereocenters. The van der Waals surface area contributed by atoms with Gasteiger partial charge in [0.25, 0.3) is 5.91 Å². The molecule has 0 N–H and O–H groups in total. The zero-order valence-electron chi connectivity index (χ0n) is 9.19. The van der Waals surface area contributed by atoms with Crippen molar-refractivity contribution in [3.8, 4) is 12.3 Å². The standard InChI is InChI=1S/C10H13NO5/c1-4-7-11(16-8(2)12)9(13)5-6-10(14)15-3/h1H,5-7H2,2-3H3. The number of methoxy groups -OCH3 is 1. The highest BCUT2D eigenvalue weighted by Crippen LogP contribution is 2.00. The fourth-order valence-electron chi connectivity index (χ4n) is 0.845. The number of esters is 1. The van der Waals surface area contributed by atoms with Crippen molar-refractivity contribution in [3.05, 3.63) is 0 Å². The maximum Gasteiger partial charge on any atom is 0.329 e. The van der Waals surface area contributed by atoms with Gasteiger partial charge in [0.1, 0.15) is 6.54 Å². The van der Waals surface area contributed by atoms with Crippen LogP contribution in [0, 0.1) is 12.3 Å². The van der Waals surface area contributed by atoms with Gasteiger partial charge in [0.05, 0.1) is 13.5 Å². The summed E-state index contributed by atoms with van der Waals surface area (Å²) in [4.78, 5) is 37.4. The summed E-state index contributed by atoms with van der Waals surface area (Å²) in [6.07, 6.45) is 4.79. The van der Waals surface area contributed by atoms with Gasteiger partial charge in [-0.05, 0) is 0 Å². The minimum atomic E-state index is -0.651. The van der Waals surface area contributed by atoms with Gasteiger partial charge in [-0.1, -0.05) is 5.92 Å². The van der Waals surface area contributed by atoms with E-state index < -0.39 is 17.8 Å². The molecular weight excluding hydrogens is 214 g/mol. The maximum atomic E-state index is 11.4. The predicted octanol–water partition coefficient (Wildman–Crippen LogP) is -0.121. The summed E-state index contributed by atoms with van der Waals surface area (Å²) in [7, 11) is 1.22. The van der Waals surface area contributed by atoms with E-state index in [1.165, 1.54) is 7.11 Å². The van der Waals surface area contributed by atoms with Gasteiger partial charge < -0.3 is 9.57 Å². The van der Waals surface area contributed by atoms with Crippen LogP contribution in [0.1, 0.15) is 19.8 Å². The van der Waals surface area contributed by atoms with Crippen LogP contribution in [0.3, 0.4) is 0 Å². The molecule has 0 bridgehead atoms. The van der Waals surface area contributed by atoms with Gasteiger partial charge >= 0.3 is 11.9 Å². The van der Waals surface area contributed by atoms with Gasteiger partial charge in [0.15, 0.2) is 0 Å². The van der Waals surface area contributed by atoms with Crippen LogP contribution in [-0.2, 0) is 24.0 Å². The second-order valence-corrected chi connectivity index (χ2v) is 2.79. The highest BCUT2D eigenvalue weighted by atomic mass is 16.7. The fraction of sp³-hybridized carbons (Fsp3) is 0.500. The van der Waals surface area contributed by atoms with E-state index in [2.05, 4.69) is 15.5 Å². The van der Waals surface area contributed by atoms with Crippen LogP contribution < -0.4 is 0 Å². The third-order valence-electron chi connectivity index (χ3n) is 1.52. The highest BCUT2D eigenvalue weighted by molar-refractivity contribution is 5.81. The number of hydroxylamine groups is 2. The van der Waals surface area contributed by atoms with E-state index in [1.54, 1.807) is 0 Å². The molecule has 88 valence electrons. The molecule has 0 aliphatic heterocycles. The Bertz CT molecular complexity index is 318. The monoisotopic (exact) mass is 227 g/mol. The molecule has 0 atom stereocenters. The molecule has 16 heavy (non-hydrogen) atoms. The van der Waals surface area contributed by atoms with Crippen molar-refractivity contribution >= 4 is 17.8 Å². The molecular formula is C10H13NO5. The lowest BCUT2D eigenvalue weighted by Crippen LogP contribution is -2.33. The van der Waals surface area contributed by atoms with Crippen LogP contribution >= 0.6 is 0 Å². The van der Waals surface area contributed by atoms with E-state index in [0.29, 0.717) is 0 Å². The molecule has 0 aliphatic carbocycles. The van der Waals surface area contributed by atoms with Crippen LogP contribution in [-0.4, -0.2) is 36.6 Å². The smallest absolute Gasteiger partial charge is 0.329 e.